The maximum absolute atomic E-state index is 13.0. The van der Waals surface area contributed by atoms with Gasteiger partial charge >= 0.3 is 0 Å². The zero-order valence-corrected chi connectivity index (χ0v) is 21.5. The van der Waals surface area contributed by atoms with Gasteiger partial charge in [0, 0.05) is 28.6 Å². The van der Waals surface area contributed by atoms with E-state index in [-0.39, 0.29) is 23.8 Å². The van der Waals surface area contributed by atoms with Crippen LogP contribution in [0.25, 0.3) is 23.0 Å². The number of anilines is 1. The molecular formula is C27H27ClN8O2. The number of imidazole rings is 1. The van der Waals surface area contributed by atoms with Crippen molar-refractivity contribution in [3.05, 3.63) is 77.5 Å². The maximum atomic E-state index is 13.0. The van der Waals surface area contributed by atoms with E-state index in [1.165, 1.54) is 17.1 Å². The SMILES string of the molecule is CC1CCCC(NC(=O)/C=C/c2cc(Cl)ccc2-n2cnnn2)c2ncc([nH]2)-c2ccccc2NC(=O)C1. The van der Waals surface area contributed by atoms with Crippen LogP contribution in [0.1, 0.15) is 50.0 Å². The van der Waals surface area contributed by atoms with Gasteiger partial charge in [-0.25, -0.2) is 4.98 Å². The van der Waals surface area contributed by atoms with Crippen molar-refractivity contribution in [1.82, 2.24) is 35.5 Å². The second-order valence-electron chi connectivity index (χ2n) is 9.37. The van der Waals surface area contributed by atoms with Crippen LogP contribution in [0.3, 0.4) is 0 Å². The number of amides is 2. The number of rotatable bonds is 4. The number of aromatic amines is 1. The lowest BCUT2D eigenvalue weighted by Crippen LogP contribution is -2.28. The van der Waals surface area contributed by atoms with E-state index in [0.29, 0.717) is 34.9 Å². The Morgan fingerprint density at radius 3 is 2.92 bits per heavy atom. The summed E-state index contributed by atoms with van der Waals surface area (Å²) in [4.78, 5) is 33.6. The van der Waals surface area contributed by atoms with Gasteiger partial charge in [0.2, 0.25) is 11.8 Å². The molecule has 1 aliphatic rings. The van der Waals surface area contributed by atoms with E-state index >= 15 is 0 Å². The zero-order chi connectivity index (χ0) is 26.5. The fraction of sp³-hybridized carbons (Fsp3) is 0.259. The smallest absolute Gasteiger partial charge is 0.244 e. The van der Waals surface area contributed by atoms with Crippen molar-refractivity contribution in [3.8, 4) is 16.9 Å². The summed E-state index contributed by atoms with van der Waals surface area (Å²) in [6.07, 6.45) is 9.13. The first kappa shape index (κ1) is 25.3. The molecular weight excluding hydrogens is 504 g/mol. The Hall–Kier alpha value is -4.31. The van der Waals surface area contributed by atoms with Crippen LogP contribution >= 0.6 is 11.6 Å². The number of nitrogens with one attached hydrogen (secondary N) is 3. The Bertz CT molecular complexity index is 1460. The van der Waals surface area contributed by atoms with E-state index in [0.717, 1.165) is 29.8 Å². The predicted molar refractivity (Wildman–Crippen MR) is 144 cm³/mol. The van der Waals surface area contributed by atoms with Gasteiger partial charge in [0.25, 0.3) is 0 Å². The summed E-state index contributed by atoms with van der Waals surface area (Å²) >= 11 is 6.20. The van der Waals surface area contributed by atoms with Gasteiger partial charge in [0.1, 0.15) is 12.2 Å². The van der Waals surface area contributed by atoms with Gasteiger partial charge in [-0.3, -0.25) is 9.59 Å². The predicted octanol–water partition coefficient (Wildman–Crippen LogP) is 4.73. The Kier molecular flexibility index (Phi) is 7.60. The van der Waals surface area contributed by atoms with Gasteiger partial charge in [0.15, 0.2) is 0 Å². The number of fused-ring (bicyclic) bond motifs is 4. The van der Waals surface area contributed by atoms with E-state index in [1.807, 2.05) is 24.3 Å². The number of benzene rings is 2. The van der Waals surface area contributed by atoms with E-state index in [2.05, 4.69) is 43.1 Å². The number of para-hydroxylation sites is 1. The van der Waals surface area contributed by atoms with Crippen LogP contribution in [-0.2, 0) is 9.59 Å². The number of H-pyrrole nitrogens is 1. The molecule has 5 rings (SSSR count). The summed E-state index contributed by atoms with van der Waals surface area (Å²) in [5.74, 6) is 0.580. The minimum Gasteiger partial charge on any atom is -0.343 e. The second kappa shape index (κ2) is 11.4. The fourth-order valence-electron chi connectivity index (χ4n) is 4.57. The molecule has 0 saturated carbocycles. The maximum Gasteiger partial charge on any atom is 0.244 e. The van der Waals surface area contributed by atoms with Gasteiger partial charge in [-0.2, -0.15) is 4.68 Å². The minimum atomic E-state index is -0.331. The number of carbonyl (C=O) groups excluding carboxylic acids is 2. The molecule has 0 fully saturated rings. The molecule has 2 aromatic heterocycles. The molecule has 0 radical (unpaired) electrons. The Labute approximate surface area is 224 Å². The van der Waals surface area contributed by atoms with Crippen molar-refractivity contribution in [2.24, 2.45) is 5.92 Å². The van der Waals surface area contributed by atoms with Crippen LogP contribution in [0.5, 0.6) is 0 Å². The van der Waals surface area contributed by atoms with Gasteiger partial charge in [-0.1, -0.05) is 49.6 Å². The quantitative estimate of drug-likeness (QED) is 0.327. The molecule has 2 unspecified atom stereocenters. The highest BCUT2D eigenvalue weighted by Crippen LogP contribution is 2.30. The Morgan fingerprint density at radius 1 is 1.21 bits per heavy atom. The average Bonchev–Trinajstić information content (AvgIpc) is 3.60. The highest BCUT2D eigenvalue weighted by Gasteiger charge is 2.21. The van der Waals surface area contributed by atoms with Crippen molar-refractivity contribution < 1.29 is 9.59 Å². The second-order valence-corrected chi connectivity index (χ2v) is 9.80. The molecule has 194 valence electrons. The molecule has 2 aromatic carbocycles. The van der Waals surface area contributed by atoms with Crippen LogP contribution in [-0.4, -0.2) is 42.0 Å². The van der Waals surface area contributed by atoms with Crippen LogP contribution in [0.15, 0.2) is 61.1 Å². The molecule has 2 bridgehead atoms. The average molecular weight is 531 g/mol. The highest BCUT2D eigenvalue weighted by molar-refractivity contribution is 6.30. The Morgan fingerprint density at radius 2 is 2.08 bits per heavy atom. The summed E-state index contributed by atoms with van der Waals surface area (Å²) in [5, 5.41) is 17.9. The molecule has 10 nitrogen and oxygen atoms in total. The monoisotopic (exact) mass is 530 g/mol. The molecule has 11 heteroatoms. The molecule has 2 amide bonds. The molecule has 1 aliphatic heterocycles. The molecule has 3 N–H and O–H groups in total. The lowest BCUT2D eigenvalue weighted by Gasteiger charge is -2.17. The summed E-state index contributed by atoms with van der Waals surface area (Å²) in [6.45, 7) is 2.07. The first-order valence-electron chi connectivity index (χ1n) is 12.4. The van der Waals surface area contributed by atoms with Gasteiger partial charge in [-0.15, -0.1) is 5.10 Å². The van der Waals surface area contributed by atoms with E-state index in [1.54, 1.807) is 30.5 Å². The number of hydrogen-bond acceptors (Lipinski definition) is 6. The molecule has 2 atom stereocenters. The first-order valence-corrected chi connectivity index (χ1v) is 12.8. The van der Waals surface area contributed by atoms with Crippen LogP contribution < -0.4 is 10.6 Å². The van der Waals surface area contributed by atoms with Crippen molar-refractivity contribution in [1.29, 1.82) is 0 Å². The molecule has 0 spiro atoms. The van der Waals surface area contributed by atoms with E-state index < -0.39 is 0 Å². The van der Waals surface area contributed by atoms with Crippen molar-refractivity contribution in [3.63, 3.8) is 0 Å². The summed E-state index contributed by atoms with van der Waals surface area (Å²) in [5.41, 5.74) is 3.72. The summed E-state index contributed by atoms with van der Waals surface area (Å²) in [7, 11) is 0. The lowest BCUT2D eigenvalue weighted by atomic mass is 9.98. The van der Waals surface area contributed by atoms with Crippen LogP contribution in [0.4, 0.5) is 5.69 Å². The van der Waals surface area contributed by atoms with Gasteiger partial charge in [0.05, 0.1) is 29.3 Å². The van der Waals surface area contributed by atoms with Crippen molar-refractivity contribution in [2.75, 3.05) is 5.32 Å². The van der Waals surface area contributed by atoms with E-state index in [4.69, 9.17) is 11.6 Å². The standard InChI is InChI=1S/C27H27ClN8O2/c1-17-5-4-8-22(27-29-15-23(33-27)20-6-2-3-7-21(20)31-26(38)13-17)32-25(37)12-9-18-14-19(28)10-11-24(18)36-16-30-34-35-36/h2-3,6-7,9-12,14-17,22H,4-5,8,13H2,1H3,(H,29,33)(H,31,38)(H,32,37)/b12-9+. The number of hydrogen-bond donors (Lipinski definition) is 3. The Balaban J connectivity index is 1.39. The topological polar surface area (TPSA) is 130 Å². The normalized spacial score (nSPS) is 18.1. The third-order valence-corrected chi connectivity index (χ3v) is 6.69. The molecule has 3 heterocycles. The largest absolute Gasteiger partial charge is 0.343 e. The van der Waals surface area contributed by atoms with Gasteiger partial charge in [-0.05, 0) is 53.1 Å². The minimum absolute atomic E-state index is 0.0130. The number of nitrogens with zero attached hydrogens (tertiary/aromatic N) is 5. The molecule has 4 aromatic rings. The summed E-state index contributed by atoms with van der Waals surface area (Å²) in [6, 6.07) is 12.5. The van der Waals surface area contributed by atoms with Crippen LogP contribution in [0.2, 0.25) is 5.02 Å². The lowest BCUT2D eigenvalue weighted by molar-refractivity contribution is -0.117. The fourth-order valence-corrected chi connectivity index (χ4v) is 4.75. The van der Waals surface area contributed by atoms with E-state index in [9.17, 15) is 9.59 Å². The third kappa shape index (κ3) is 5.97. The number of carbonyl (C=O) groups is 2. The number of halogens is 1. The molecule has 0 aliphatic carbocycles. The summed E-state index contributed by atoms with van der Waals surface area (Å²) < 4.78 is 1.51. The third-order valence-electron chi connectivity index (χ3n) is 6.46. The van der Waals surface area contributed by atoms with Crippen molar-refractivity contribution in [2.45, 2.75) is 38.6 Å². The van der Waals surface area contributed by atoms with Crippen LogP contribution in [0, 0.1) is 5.92 Å². The van der Waals surface area contributed by atoms with Gasteiger partial charge < -0.3 is 15.6 Å². The number of aromatic nitrogens is 6. The first-order chi connectivity index (χ1) is 18.5. The number of tetrazole rings is 1. The molecule has 0 saturated heterocycles. The highest BCUT2D eigenvalue weighted by atomic mass is 35.5. The van der Waals surface area contributed by atoms with Crippen molar-refractivity contribution >= 4 is 35.2 Å². The molecule has 38 heavy (non-hydrogen) atoms. The zero-order valence-electron chi connectivity index (χ0n) is 20.8.